The monoisotopic (exact) mass is 239 g/mol. The lowest BCUT2D eigenvalue weighted by molar-refractivity contribution is -0.123. The molecule has 0 aromatic heterocycles. The molecule has 2 N–H and O–H groups in total. The lowest BCUT2D eigenvalue weighted by atomic mass is 9.95. The lowest BCUT2D eigenvalue weighted by Crippen LogP contribution is -2.38. The molecule has 1 aromatic carbocycles. The quantitative estimate of drug-likeness (QED) is 0.823. The third-order valence-electron chi connectivity index (χ3n) is 2.66. The minimum atomic E-state index is -0.312. The van der Waals surface area contributed by atoms with Crippen molar-refractivity contribution in [1.29, 1.82) is 0 Å². The molecule has 94 valence electrons. The van der Waals surface area contributed by atoms with E-state index in [2.05, 4.69) is 5.32 Å². The fourth-order valence-corrected chi connectivity index (χ4v) is 1.66. The van der Waals surface area contributed by atoms with Gasteiger partial charge in [-0.3, -0.25) is 4.79 Å². The van der Waals surface area contributed by atoms with E-state index in [4.69, 9.17) is 5.11 Å². The van der Waals surface area contributed by atoms with Gasteiger partial charge in [-0.1, -0.05) is 19.1 Å². The summed E-state index contributed by atoms with van der Waals surface area (Å²) in [5.41, 5.74) is 0.788. The first-order chi connectivity index (χ1) is 8.08. The molecular weight excluding hydrogens is 221 g/mol. The van der Waals surface area contributed by atoms with Crippen molar-refractivity contribution in [2.45, 2.75) is 32.2 Å². The Morgan fingerprint density at radius 1 is 1.41 bits per heavy atom. The fraction of sp³-hybridized carbons (Fsp3) is 0.462. The topological polar surface area (TPSA) is 49.3 Å². The zero-order valence-corrected chi connectivity index (χ0v) is 10.1. The Balaban J connectivity index is 2.77. The molecule has 1 amide bonds. The summed E-state index contributed by atoms with van der Waals surface area (Å²) in [6.07, 6.45) is 0.635. The molecule has 0 saturated carbocycles. The molecule has 17 heavy (non-hydrogen) atoms. The van der Waals surface area contributed by atoms with Gasteiger partial charge < -0.3 is 10.4 Å². The van der Waals surface area contributed by atoms with Crippen LogP contribution in [0.25, 0.3) is 0 Å². The Hall–Kier alpha value is -1.42. The summed E-state index contributed by atoms with van der Waals surface area (Å²) in [7, 11) is 0. The molecule has 2 atom stereocenters. The summed E-state index contributed by atoms with van der Waals surface area (Å²) in [5, 5.41) is 11.6. The molecule has 2 unspecified atom stereocenters. The van der Waals surface area contributed by atoms with Crippen molar-refractivity contribution >= 4 is 5.91 Å². The number of aliphatic hydroxyl groups is 1. The van der Waals surface area contributed by atoms with E-state index in [-0.39, 0.29) is 30.3 Å². The molecule has 0 saturated heterocycles. The summed E-state index contributed by atoms with van der Waals surface area (Å²) >= 11 is 0. The Labute approximate surface area is 101 Å². The highest BCUT2D eigenvalue weighted by Crippen LogP contribution is 2.20. The first kappa shape index (κ1) is 13.6. The van der Waals surface area contributed by atoms with E-state index in [1.165, 1.54) is 12.1 Å². The molecule has 1 rings (SSSR count). The summed E-state index contributed by atoms with van der Waals surface area (Å²) < 4.78 is 12.8. The predicted octanol–water partition coefficient (Wildman–Crippen LogP) is 1.82. The SMILES string of the molecule is CCC(C(=O)NC(C)CO)c1ccc(F)cc1. The summed E-state index contributed by atoms with van der Waals surface area (Å²) in [4.78, 5) is 11.9. The van der Waals surface area contributed by atoms with E-state index in [0.29, 0.717) is 6.42 Å². The highest BCUT2D eigenvalue weighted by molar-refractivity contribution is 5.83. The van der Waals surface area contributed by atoms with Crippen LogP contribution < -0.4 is 5.32 Å². The third kappa shape index (κ3) is 3.82. The van der Waals surface area contributed by atoms with Gasteiger partial charge >= 0.3 is 0 Å². The van der Waals surface area contributed by atoms with Crippen LogP contribution >= 0.6 is 0 Å². The Morgan fingerprint density at radius 3 is 2.47 bits per heavy atom. The van der Waals surface area contributed by atoms with Crippen molar-refractivity contribution in [2.24, 2.45) is 0 Å². The van der Waals surface area contributed by atoms with Crippen LogP contribution in [-0.4, -0.2) is 23.7 Å². The molecule has 1 aromatic rings. The highest BCUT2D eigenvalue weighted by atomic mass is 19.1. The van der Waals surface area contributed by atoms with Crippen molar-refractivity contribution in [3.05, 3.63) is 35.6 Å². The van der Waals surface area contributed by atoms with E-state index < -0.39 is 0 Å². The van der Waals surface area contributed by atoms with Crippen molar-refractivity contribution in [3.63, 3.8) is 0 Å². The van der Waals surface area contributed by atoms with Gasteiger partial charge in [0.05, 0.1) is 12.5 Å². The standard InChI is InChI=1S/C13H18FNO2/c1-3-12(13(17)15-9(2)8-16)10-4-6-11(14)7-5-10/h4-7,9,12,16H,3,8H2,1-2H3,(H,15,17). The number of carbonyl (C=O) groups excluding carboxylic acids is 1. The maximum Gasteiger partial charge on any atom is 0.227 e. The van der Waals surface area contributed by atoms with Crippen LogP contribution in [0, 0.1) is 5.82 Å². The van der Waals surface area contributed by atoms with E-state index in [1.807, 2.05) is 6.92 Å². The Morgan fingerprint density at radius 2 is 2.00 bits per heavy atom. The molecular formula is C13H18FNO2. The lowest BCUT2D eigenvalue weighted by Gasteiger charge is -2.18. The Kier molecular flexibility index (Phi) is 5.10. The number of nitrogens with one attached hydrogen (secondary N) is 1. The summed E-state index contributed by atoms with van der Waals surface area (Å²) in [6, 6.07) is 5.66. The first-order valence-electron chi connectivity index (χ1n) is 5.75. The maximum atomic E-state index is 12.8. The number of carbonyl (C=O) groups is 1. The van der Waals surface area contributed by atoms with E-state index in [0.717, 1.165) is 5.56 Å². The number of aliphatic hydroxyl groups excluding tert-OH is 1. The molecule has 4 heteroatoms. The number of amides is 1. The van der Waals surface area contributed by atoms with Crippen molar-refractivity contribution < 1.29 is 14.3 Å². The Bertz CT molecular complexity index is 364. The second-order valence-electron chi connectivity index (χ2n) is 4.10. The van der Waals surface area contributed by atoms with Gasteiger partial charge in [-0.25, -0.2) is 4.39 Å². The number of halogens is 1. The number of rotatable bonds is 5. The smallest absolute Gasteiger partial charge is 0.227 e. The number of benzene rings is 1. The first-order valence-corrected chi connectivity index (χ1v) is 5.75. The molecule has 3 nitrogen and oxygen atoms in total. The molecule has 0 spiro atoms. The van der Waals surface area contributed by atoms with Gasteiger partial charge in [0, 0.05) is 6.04 Å². The van der Waals surface area contributed by atoms with Crippen LogP contribution in [0.2, 0.25) is 0 Å². The summed E-state index contributed by atoms with van der Waals surface area (Å²) in [6.45, 7) is 3.54. The second kappa shape index (κ2) is 6.35. The van der Waals surface area contributed by atoms with Crippen LogP contribution in [0.1, 0.15) is 31.7 Å². The van der Waals surface area contributed by atoms with Gasteiger partial charge in [0.25, 0.3) is 0 Å². The van der Waals surface area contributed by atoms with E-state index in [1.54, 1.807) is 19.1 Å². The van der Waals surface area contributed by atoms with Crippen LogP contribution in [0.5, 0.6) is 0 Å². The predicted molar refractivity (Wildman–Crippen MR) is 64.1 cm³/mol. The molecule has 0 aliphatic carbocycles. The van der Waals surface area contributed by atoms with Gasteiger partial charge in [0.15, 0.2) is 0 Å². The van der Waals surface area contributed by atoms with Crippen LogP contribution in [-0.2, 0) is 4.79 Å². The van der Waals surface area contributed by atoms with Crippen LogP contribution in [0.15, 0.2) is 24.3 Å². The highest BCUT2D eigenvalue weighted by Gasteiger charge is 2.19. The fourth-order valence-electron chi connectivity index (χ4n) is 1.66. The van der Waals surface area contributed by atoms with Gasteiger partial charge in [-0.15, -0.1) is 0 Å². The molecule has 0 heterocycles. The van der Waals surface area contributed by atoms with Crippen LogP contribution in [0.3, 0.4) is 0 Å². The van der Waals surface area contributed by atoms with E-state index >= 15 is 0 Å². The molecule has 0 aliphatic heterocycles. The number of hydrogen-bond acceptors (Lipinski definition) is 2. The second-order valence-corrected chi connectivity index (χ2v) is 4.10. The van der Waals surface area contributed by atoms with Gasteiger partial charge in [0.1, 0.15) is 5.82 Å². The van der Waals surface area contributed by atoms with Crippen LogP contribution in [0.4, 0.5) is 4.39 Å². The van der Waals surface area contributed by atoms with E-state index in [9.17, 15) is 9.18 Å². The maximum absolute atomic E-state index is 12.8. The zero-order valence-electron chi connectivity index (χ0n) is 10.1. The normalized spacial score (nSPS) is 14.1. The zero-order chi connectivity index (χ0) is 12.8. The van der Waals surface area contributed by atoms with Gasteiger partial charge in [0.2, 0.25) is 5.91 Å². The van der Waals surface area contributed by atoms with Crippen molar-refractivity contribution in [2.75, 3.05) is 6.61 Å². The molecule has 0 aliphatic rings. The minimum absolute atomic E-state index is 0.0917. The van der Waals surface area contributed by atoms with Crippen molar-refractivity contribution in [3.8, 4) is 0 Å². The van der Waals surface area contributed by atoms with Gasteiger partial charge in [-0.2, -0.15) is 0 Å². The third-order valence-corrected chi connectivity index (χ3v) is 2.66. The largest absolute Gasteiger partial charge is 0.394 e. The minimum Gasteiger partial charge on any atom is -0.394 e. The van der Waals surface area contributed by atoms with Crippen molar-refractivity contribution in [1.82, 2.24) is 5.32 Å². The summed E-state index contributed by atoms with van der Waals surface area (Å²) in [5.74, 6) is -0.752. The molecule has 0 bridgehead atoms. The average Bonchev–Trinajstić information content (AvgIpc) is 2.32. The van der Waals surface area contributed by atoms with Gasteiger partial charge in [-0.05, 0) is 31.0 Å². The number of hydrogen-bond donors (Lipinski definition) is 2. The molecule has 0 radical (unpaired) electrons. The molecule has 0 fully saturated rings. The average molecular weight is 239 g/mol.